The van der Waals surface area contributed by atoms with Crippen LogP contribution >= 0.6 is 46.4 Å². The van der Waals surface area contributed by atoms with Crippen molar-refractivity contribution in [1.82, 2.24) is 42.5 Å². The number of aliphatic carboxylic acids is 1. The van der Waals surface area contributed by atoms with Crippen molar-refractivity contribution in [3.05, 3.63) is 174 Å². The van der Waals surface area contributed by atoms with Crippen molar-refractivity contribution >= 4 is 93.7 Å². The van der Waals surface area contributed by atoms with E-state index in [2.05, 4.69) is 42.5 Å². The van der Waals surface area contributed by atoms with Crippen molar-refractivity contribution in [1.29, 1.82) is 0 Å². The van der Waals surface area contributed by atoms with Gasteiger partial charge in [-0.1, -0.05) is 96.5 Å². The van der Waals surface area contributed by atoms with E-state index in [-0.39, 0.29) is 29.7 Å². The van der Waals surface area contributed by atoms with Crippen LogP contribution < -0.4 is 66.2 Å². The van der Waals surface area contributed by atoms with Gasteiger partial charge in [0.1, 0.15) is 132 Å². The van der Waals surface area contributed by atoms with Crippen LogP contribution in [0.5, 0.6) is 69.0 Å². The Morgan fingerprint density at radius 1 is 0.508 bits per heavy atom. The molecule has 0 aliphatic carbocycles. The molecule has 122 heavy (non-hydrogen) atoms. The number of hydrogen-bond acceptors (Lipinski definition) is 29. The lowest BCUT2D eigenvalue weighted by atomic mass is 9.89. The van der Waals surface area contributed by atoms with Crippen molar-refractivity contribution in [3.63, 3.8) is 0 Å². The van der Waals surface area contributed by atoms with Crippen molar-refractivity contribution in [3.8, 4) is 80.1 Å². The van der Waals surface area contributed by atoms with Gasteiger partial charge < -0.3 is 147 Å². The molecular weight excluding hydrogens is 1690 g/mol. The number of carboxylic acid groups (broad SMARTS) is 1. The number of fused-ring (bicyclic) bond motifs is 14. The minimum absolute atomic E-state index is 0.0839. The summed E-state index contributed by atoms with van der Waals surface area (Å²) < 4.78 is 44.1. The summed E-state index contributed by atoms with van der Waals surface area (Å²) in [6.45, 7) is 0.0121. The number of carbonyl (C=O) groups excluding carboxylic acids is 7. The number of amides is 7. The molecule has 7 aromatic rings. The Hall–Kier alpha value is -11.1. The number of phenolic OH excluding ortho intramolecular Hbond substituents is 4. The second-order valence-corrected chi connectivity index (χ2v) is 30.9. The highest BCUT2D eigenvalue weighted by Gasteiger charge is 2.50. The predicted octanol–water partition coefficient (Wildman–Crippen LogP) is 4.03. The molecule has 0 unspecified atom stereocenters. The third kappa shape index (κ3) is 18.4. The fraction of sp³-hybridized carbons (Fsp3) is 0.358. The first-order valence-electron chi connectivity index (χ1n) is 38.0. The van der Waals surface area contributed by atoms with Gasteiger partial charge in [0.2, 0.25) is 59.7 Å². The highest BCUT2D eigenvalue weighted by atomic mass is 35.5. The van der Waals surface area contributed by atoms with E-state index in [9.17, 15) is 85.9 Å². The number of phenols is 4. The van der Waals surface area contributed by atoms with Gasteiger partial charge in [-0.3, -0.25) is 33.6 Å². The van der Waals surface area contributed by atoms with Gasteiger partial charge in [0, 0.05) is 40.8 Å². The van der Waals surface area contributed by atoms with Gasteiger partial charge in [-0.15, -0.1) is 0 Å². The van der Waals surface area contributed by atoms with E-state index < -0.39 is 299 Å². The van der Waals surface area contributed by atoms with Crippen LogP contribution in [0, 0.1) is 0 Å². The van der Waals surface area contributed by atoms with Crippen LogP contribution in [0.4, 0.5) is 0 Å². The Morgan fingerprint density at radius 2 is 1.09 bits per heavy atom. The zero-order valence-corrected chi connectivity index (χ0v) is 67.0. The molecule has 37 nitrogen and oxygen atoms in total. The minimum Gasteiger partial charge on any atom is -0.508 e. The normalized spacial score (nSPS) is 27.2. The first-order chi connectivity index (χ1) is 58.2. The van der Waals surface area contributed by atoms with Crippen molar-refractivity contribution in [2.45, 2.75) is 161 Å². The molecule has 7 amide bonds. The molecular formula is C81H82Cl4N8O29. The number of benzene rings is 7. The SMILES string of the molecule is CCCCC/C=C/CCC(=O)N[C@@H]1[C@H](Oc2c3cc4cc2Oc2c(Cl)cc(cc2Cl)[C@@H](O)[C@@H]2NC(=O)[C@H](NC(=O)[C@H]4NC(=O)[C@H]4NC(=O)[C@H](NC(=O)[C@H](NC)c5ccc(O)c(c5)Oc5cc(O)c(Cl)c4c5)[C@@H](O)c4ccc(c(Cl)c4)O3)c3ccc(O)c(c3)-c3c(O[C@H]4O[C@@H](CO)[C@H](O)[C@@H](O)[C@@H]4O)cc(O)cc3[C@@H](C(=O)O)NC2=O)O[C@H](CO)[C@@H](O)[C@@H]1O. The summed E-state index contributed by atoms with van der Waals surface area (Å²) in [5.41, 5.74) is -4.34. The van der Waals surface area contributed by atoms with Crippen molar-refractivity contribution < 1.29 is 143 Å². The third-order valence-electron chi connectivity index (χ3n) is 21.2. The Kier molecular flexibility index (Phi) is 27.1. The largest absolute Gasteiger partial charge is 0.508 e. The van der Waals surface area contributed by atoms with E-state index in [1.54, 1.807) is 6.08 Å². The summed E-state index contributed by atoms with van der Waals surface area (Å²) >= 11 is 28.5. The standard InChI is InChI=1S/C81H82Cl4N8O29/c1-3-4-5-6-7-8-9-10-53(100)87-63-68(105)66(103)51(28-94)120-80(63)122-72-49-22-33-23-50(72)118-71-41(83)19-34(20-42(71)84)65(102)62-78(113)91-60(79(114)115)38-24-35(96)25-48(119-81-70(107)69(106)67(104)52(29-95)121-81)54(38)37-17-30(11-14-43(37)97)57(74(109)93-62)88-75(110)58(33)89-76(111)59-39-26-36(27-45(99)55(39)85)116-47-21-31(12-15-44(47)98)56(86-2)73(108)92-61(77(112)90-59)64(101)32-13-16-46(117-49)40(82)18-32/h7-8,11-27,51-52,56-70,80-81,86,94-99,101-107H,3-6,9-10,28-29H2,1-2H3,(H,87,100)(H,88,110)(H,89,111)(H,90,112)(H,91,113)(H,92,108)(H,93,109)(H,114,115)/b8-7+/t51-,52+,56-,57-,58+,59+,60+,61-,62+,63+,64+,65-,66-,67+,68-,69-,70+,80+,81+/m1/s1. The molecule has 2 saturated heterocycles. The molecule has 8 aliphatic heterocycles. The maximum atomic E-state index is 16.7. The zero-order chi connectivity index (χ0) is 87.7. The number of nitrogens with one attached hydrogen (secondary N) is 8. The highest BCUT2D eigenvalue weighted by molar-refractivity contribution is 6.37. The topological polar surface area (TPSA) is 581 Å². The number of hydrogen-bond donors (Lipinski definition) is 22. The molecule has 7 aromatic carbocycles. The molecule has 8 heterocycles. The molecule has 0 radical (unpaired) electrons. The van der Waals surface area contributed by atoms with E-state index in [0.717, 1.165) is 104 Å². The molecule has 0 saturated carbocycles. The van der Waals surface area contributed by atoms with Crippen LogP contribution in [0.25, 0.3) is 11.1 Å². The maximum Gasteiger partial charge on any atom is 0.330 e. The summed E-state index contributed by atoms with van der Waals surface area (Å²) in [6, 6.07) is -0.672. The van der Waals surface area contributed by atoms with Crippen LogP contribution in [-0.4, -0.2) is 213 Å². The highest BCUT2D eigenvalue weighted by Crippen LogP contribution is 2.52. The average Bonchev–Trinajstić information content (AvgIpc) is 0.758. The summed E-state index contributed by atoms with van der Waals surface area (Å²) in [7, 11) is 1.35. The molecule has 0 spiro atoms. The van der Waals surface area contributed by atoms with Crippen LogP contribution in [0.2, 0.25) is 20.1 Å². The lowest BCUT2D eigenvalue weighted by Gasteiger charge is -2.42. The van der Waals surface area contributed by atoms with Gasteiger partial charge in [-0.05, 0) is 127 Å². The fourth-order valence-corrected chi connectivity index (χ4v) is 15.8. The van der Waals surface area contributed by atoms with Crippen LogP contribution in [-0.2, 0) is 47.8 Å². The fourth-order valence-electron chi connectivity index (χ4n) is 14.8. The summed E-state index contributed by atoms with van der Waals surface area (Å²) in [6.07, 6.45) is -15.5. The number of ether oxygens (including phenoxy) is 7. The Labute approximate surface area is 711 Å². The Bertz CT molecular complexity index is 5260. The Morgan fingerprint density at radius 3 is 1.76 bits per heavy atom. The molecule has 15 rings (SSSR count). The van der Waals surface area contributed by atoms with E-state index in [1.807, 2.05) is 13.0 Å². The quantitative estimate of drug-likeness (QED) is 0.0479. The molecule has 17 bridgehead atoms. The number of likely N-dealkylation sites (N-methyl/N-ethyl adjacent to an activating group) is 1. The molecule has 0 aromatic heterocycles. The minimum atomic E-state index is -2.55. The Balaban J connectivity index is 1.07. The lowest BCUT2D eigenvalue weighted by Crippen LogP contribution is -2.65. The summed E-state index contributed by atoms with van der Waals surface area (Å²) in [5.74, 6) is -19.5. The van der Waals surface area contributed by atoms with Gasteiger partial charge in [0.15, 0.2) is 34.8 Å². The molecule has 648 valence electrons. The molecule has 41 heteroatoms. The lowest BCUT2D eigenvalue weighted by molar-refractivity contribution is -0.277. The van der Waals surface area contributed by atoms with Gasteiger partial charge in [-0.2, -0.15) is 0 Å². The average molecular weight is 1770 g/mol. The zero-order valence-electron chi connectivity index (χ0n) is 64.0. The third-order valence-corrected chi connectivity index (χ3v) is 22.4. The number of unbranched alkanes of at least 4 members (excludes halogenated alkanes) is 3. The second kappa shape index (κ2) is 37.3. The predicted molar refractivity (Wildman–Crippen MR) is 425 cm³/mol. The molecule has 19 atom stereocenters. The summed E-state index contributed by atoms with van der Waals surface area (Å²) in [5, 5.41) is 178. The van der Waals surface area contributed by atoms with Gasteiger partial charge in [-0.25, -0.2) is 4.79 Å². The van der Waals surface area contributed by atoms with Gasteiger partial charge in [0.25, 0.3) is 0 Å². The summed E-state index contributed by atoms with van der Waals surface area (Å²) in [4.78, 5) is 123. The first kappa shape index (κ1) is 88.7. The van der Waals surface area contributed by atoms with E-state index >= 15 is 24.0 Å². The number of aliphatic hydroxyl groups is 9. The number of halogens is 4. The van der Waals surface area contributed by atoms with Crippen LogP contribution in [0.15, 0.2) is 115 Å². The monoisotopic (exact) mass is 1770 g/mol. The molecule has 22 N–H and O–H groups in total. The van der Waals surface area contributed by atoms with Gasteiger partial charge in [0.05, 0.1) is 33.3 Å². The van der Waals surface area contributed by atoms with E-state index in [0.29, 0.717) is 6.42 Å². The number of carboxylic acids is 1. The van der Waals surface area contributed by atoms with Crippen LogP contribution in [0.1, 0.15) is 127 Å². The number of rotatable bonds is 16. The van der Waals surface area contributed by atoms with Gasteiger partial charge >= 0.3 is 5.97 Å². The maximum absolute atomic E-state index is 16.7. The van der Waals surface area contributed by atoms with Crippen molar-refractivity contribution in [2.75, 3.05) is 20.3 Å². The number of aromatic hydroxyl groups is 4. The number of allylic oxidation sites excluding steroid dienone is 2. The number of carbonyl (C=O) groups is 8. The smallest absolute Gasteiger partial charge is 0.330 e. The van der Waals surface area contributed by atoms with Crippen molar-refractivity contribution in [2.24, 2.45) is 0 Å². The molecule has 2 fully saturated rings. The van der Waals surface area contributed by atoms with E-state index in [1.165, 1.54) is 25.2 Å². The molecule has 8 aliphatic rings. The van der Waals surface area contributed by atoms with Crippen LogP contribution in [0.3, 0.4) is 0 Å². The van der Waals surface area contributed by atoms with E-state index in [4.69, 9.17) is 79.6 Å². The second-order valence-electron chi connectivity index (χ2n) is 29.3. The number of aliphatic hydroxyl groups excluding tert-OH is 9. The first-order valence-corrected chi connectivity index (χ1v) is 39.5.